The molecule has 5 nitrogen and oxygen atoms in total. The number of aryl methyl sites for hydroxylation is 1. The minimum Gasteiger partial charge on any atom is -0.446 e. The second-order valence-corrected chi connectivity index (χ2v) is 4.42. The molecule has 2 heterocycles. The number of furan rings is 1. The highest BCUT2D eigenvalue weighted by molar-refractivity contribution is 6.04. The first kappa shape index (κ1) is 12.1. The van der Waals surface area contributed by atoms with Crippen LogP contribution in [0.5, 0.6) is 0 Å². The SMILES string of the molecule is COCC[NH2+]c1nc(C)nc2c1oc1ccccc12. The van der Waals surface area contributed by atoms with Crippen LogP contribution in [0.3, 0.4) is 0 Å². The van der Waals surface area contributed by atoms with Crippen LogP contribution in [0.4, 0.5) is 5.82 Å². The monoisotopic (exact) mass is 258 g/mol. The van der Waals surface area contributed by atoms with E-state index in [9.17, 15) is 0 Å². The second kappa shape index (κ2) is 4.95. The summed E-state index contributed by atoms with van der Waals surface area (Å²) in [5.41, 5.74) is 2.48. The van der Waals surface area contributed by atoms with E-state index < -0.39 is 0 Å². The van der Waals surface area contributed by atoms with Gasteiger partial charge < -0.3 is 9.15 Å². The highest BCUT2D eigenvalue weighted by atomic mass is 16.5. The van der Waals surface area contributed by atoms with E-state index in [-0.39, 0.29) is 0 Å². The van der Waals surface area contributed by atoms with Gasteiger partial charge in [-0.05, 0) is 19.1 Å². The average Bonchev–Trinajstić information content (AvgIpc) is 2.78. The molecular formula is C14H16N3O2+. The van der Waals surface area contributed by atoms with E-state index in [1.54, 1.807) is 7.11 Å². The Morgan fingerprint density at radius 2 is 2.11 bits per heavy atom. The number of methoxy groups -OCH3 is 1. The van der Waals surface area contributed by atoms with Crippen molar-refractivity contribution in [1.82, 2.24) is 9.97 Å². The van der Waals surface area contributed by atoms with Crippen LogP contribution in [-0.2, 0) is 4.74 Å². The summed E-state index contributed by atoms with van der Waals surface area (Å²) in [6.45, 7) is 3.37. The number of aromatic nitrogens is 2. The quantitative estimate of drug-likeness (QED) is 0.721. The molecule has 0 saturated carbocycles. The number of hydrogen-bond acceptors (Lipinski definition) is 4. The van der Waals surface area contributed by atoms with Crippen LogP contribution >= 0.6 is 0 Å². The van der Waals surface area contributed by atoms with Crippen molar-refractivity contribution in [1.29, 1.82) is 0 Å². The average molecular weight is 258 g/mol. The summed E-state index contributed by atoms with van der Waals surface area (Å²) in [4.78, 5) is 8.95. The van der Waals surface area contributed by atoms with E-state index in [2.05, 4.69) is 9.97 Å². The Balaban J connectivity index is 2.15. The largest absolute Gasteiger partial charge is 0.446 e. The van der Waals surface area contributed by atoms with Crippen LogP contribution in [0.2, 0.25) is 0 Å². The summed E-state index contributed by atoms with van der Waals surface area (Å²) in [5.74, 6) is 1.60. The number of benzene rings is 1. The standard InChI is InChI=1S/C14H15N3O2/c1-9-16-12-10-5-3-4-6-11(10)19-13(12)14(17-9)15-7-8-18-2/h3-6H,7-8H2,1-2H3,(H,15,16,17)/p+1. The van der Waals surface area contributed by atoms with Gasteiger partial charge in [-0.2, -0.15) is 4.98 Å². The summed E-state index contributed by atoms with van der Waals surface area (Å²) < 4.78 is 10.9. The summed E-state index contributed by atoms with van der Waals surface area (Å²) in [5, 5.41) is 3.06. The number of rotatable bonds is 4. The highest BCUT2D eigenvalue weighted by Gasteiger charge is 2.16. The van der Waals surface area contributed by atoms with E-state index in [1.165, 1.54) is 0 Å². The highest BCUT2D eigenvalue weighted by Crippen LogP contribution is 2.29. The number of hydrogen-bond donors (Lipinski definition) is 1. The lowest BCUT2D eigenvalue weighted by atomic mass is 10.2. The topological polar surface area (TPSA) is 64.8 Å². The Morgan fingerprint density at radius 1 is 1.26 bits per heavy atom. The van der Waals surface area contributed by atoms with Crippen molar-refractivity contribution in [2.75, 3.05) is 20.3 Å². The van der Waals surface area contributed by atoms with Gasteiger partial charge in [0.05, 0.1) is 6.61 Å². The third kappa shape index (κ3) is 2.18. The zero-order valence-corrected chi connectivity index (χ0v) is 11.0. The van der Waals surface area contributed by atoms with Crippen LogP contribution in [0.25, 0.3) is 22.1 Å². The number of nitrogens with zero attached hydrogens (tertiary/aromatic N) is 2. The zero-order valence-electron chi connectivity index (χ0n) is 11.0. The van der Waals surface area contributed by atoms with Gasteiger partial charge in [0.25, 0.3) is 5.82 Å². The van der Waals surface area contributed by atoms with Crippen molar-refractivity contribution in [2.45, 2.75) is 6.92 Å². The predicted molar refractivity (Wildman–Crippen MR) is 72.4 cm³/mol. The molecule has 0 aliphatic rings. The van der Waals surface area contributed by atoms with Crippen molar-refractivity contribution < 1.29 is 14.5 Å². The summed E-state index contributed by atoms with van der Waals surface area (Å²) in [6.07, 6.45) is 0. The minimum atomic E-state index is 0.671. The Kier molecular flexibility index (Phi) is 3.15. The van der Waals surface area contributed by atoms with Crippen LogP contribution in [0, 0.1) is 6.92 Å². The molecule has 0 atom stereocenters. The molecule has 0 aliphatic carbocycles. The Labute approximate surface area is 110 Å². The van der Waals surface area contributed by atoms with Crippen LogP contribution < -0.4 is 5.32 Å². The van der Waals surface area contributed by atoms with E-state index in [0.29, 0.717) is 6.61 Å². The first-order valence-electron chi connectivity index (χ1n) is 6.27. The molecule has 2 N–H and O–H groups in total. The Hall–Kier alpha value is -1.98. The van der Waals surface area contributed by atoms with Crippen LogP contribution in [0.15, 0.2) is 28.7 Å². The molecule has 19 heavy (non-hydrogen) atoms. The lowest BCUT2D eigenvalue weighted by molar-refractivity contribution is -0.576. The van der Waals surface area contributed by atoms with E-state index in [0.717, 1.165) is 40.3 Å². The molecule has 98 valence electrons. The first-order valence-corrected chi connectivity index (χ1v) is 6.27. The molecule has 3 rings (SSSR count). The fourth-order valence-electron chi connectivity index (χ4n) is 2.18. The maximum atomic E-state index is 5.87. The van der Waals surface area contributed by atoms with Gasteiger partial charge in [0.15, 0.2) is 0 Å². The number of ether oxygens (including phenoxy) is 1. The third-order valence-electron chi connectivity index (χ3n) is 3.02. The molecule has 3 aromatic rings. The molecule has 0 unspecified atom stereocenters. The first-order chi connectivity index (χ1) is 9.29. The van der Waals surface area contributed by atoms with Crippen molar-refractivity contribution in [3.05, 3.63) is 30.1 Å². The predicted octanol–water partition coefficient (Wildman–Crippen LogP) is 1.53. The Bertz CT molecular complexity index is 721. The number of para-hydroxylation sites is 1. The zero-order chi connectivity index (χ0) is 13.2. The van der Waals surface area contributed by atoms with E-state index in [4.69, 9.17) is 9.15 Å². The fourth-order valence-corrected chi connectivity index (χ4v) is 2.18. The summed E-state index contributed by atoms with van der Waals surface area (Å²) in [7, 11) is 1.69. The lowest BCUT2D eigenvalue weighted by Crippen LogP contribution is -2.79. The molecule has 0 amide bonds. The molecule has 5 heteroatoms. The van der Waals surface area contributed by atoms with Crippen molar-refractivity contribution >= 4 is 27.9 Å². The molecule has 0 radical (unpaired) electrons. The molecule has 2 aromatic heterocycles. The summed E-state index contributed by atoms with van der Waals surface area (Å²) in [6, 6.07) is 7.92. The molecule has 0 fully saturated rings. The maximum Gasteiger partial charge on any atom is 0.272 e. The van der Waals surface area contributed by atoms with Crippen LogP contribution in [0.1, 0.15) is 5.82 Å². The van der Waals surface area contributed by atoms with Gasteiger partial charge in [0, 0.05) is 12.5 Å². The molecule has 1 aromatic carbocycles. The number of fused-ring (bicyclic) bond motifs is 3. The minimum absolute atomic E-state index is 0.671. The second-order valence-electron chi connectivity index (χ2n) is 4.42. The van der Waals surface area contributed by atoms with Gasteiger partial charge in [0.1, 0.15) is 23.5 Å². The smallest absolute Gasteiger partial charge is 0.272 e. The fraction of sp³-hybridized carbons (Fsp3) is 0.286. The normalized spacial score (nSPS) is 11.5. The van der Waals surface area contributed by atoms with Crippen molar-refractivity contribution in [2.24, 2.45) is 0 Å². The lowest BCUT2D eigenvalue weighted by Gasteiger charge is -2.00. The molecule has 0 bridgehead atoms. The van der Waals surface area contributed by atoms with Gasteiger partial charge in [0.2, 0.25) is 5.58 Å². The van der Waals surface area contributed by atoms with Gasteiger partial charge >= 0.3 is 0 Å². The van der Waals surface area contributed by atoms with Gasteiger partial charge in [-0.1, -0.05) is 12.1 Å². The van der Waals surface area contributed by atoms with Crippen LogP contribution in [-0.4, -0.2) is 30.2 Å². The molecule has 0 aliphatic heterocycles. The molecule has 0 spiro atoms. The van der Waals surface area contributed by atoms with E-state index >= 15 is 0 Å². The number of quaternary nitrogens is 1. The van der Waals surface area contributed by atoms with E-state index in [1.807, 2.05) is 36.5 Å². The van der Waals surface area contributed by atoms with Gasteiger partial charge in [-0.15, -0.1) is 0 Å². The number of nitrogens with two attached hydrogens (primary N) is 1. The van der Waals surface area contributed by atoms with Gasteiger partial charge in [-0.25, -0.2) is 4.98 Å². The summed E-state index contributed by atoms with van der Waals surface area (Å²) >= 11 is 0. The molecular weight excluding hydrogens is 242 g/mol. The van der Waals surface area contributed by atoms with Crippen molar-refractivity contribution in [3.8, 4) is 0 Å². The Morgan fingerprint density at radius 3 is 2.95 bits per heavy atom. The maximum absolute atomic E-state index is 5.87. The third-order valence-corrected chi connectivity index (χ3v) is 3.02. The van der Waals surface area contributed by atoms with Crippen molar-refractivity contribution in [3.63, 3.8) is 0 Å². The molecule has 0 saturated heterocycles. The van der Waals surface area contributed by atoms with Gasteiger partial charge in [-0.3, -0.25) is 5.32 Å².